The molecule has 0 saturated heterocycles. The first-order chi connectivity index (χ1) is 9.04. The molecule has 0 aromatic carbocycles. The highest BCUT2D eigenvalue weighted by molar-refractivity contribution is 8.13. The van der Waals surface area contributed by atoms with Crippen molar-refractivity contribution in [3.05, 3.63) is 27.0 Å². The average molecular weight is 324 g/mol. The number of likely N-dealkylation sites (N-methyl/N-ethyl adjacent to an activating group) is 1. The summed E-state index contributed by atoms with van der Waals surface area (Å²) in [7, 11) is 2.32. The summed E-state index contributed by atoms with van der Waals surface area (Å²) in [5, 5.41) is 0. The number of hydrogen-bond acceptors (Lipinski definition) is 5. The van der Waals surface area contributed by atoms with Crippen molar-refractivity contribution in [1.82, 2.24) is 14.5 Å². The molecule has 8 nitrogen and oxygen atoms in total. The number of rotatable bonds is 4. The molecule has 1 heterocycles. The molecule has 0 unspecified atom stereocenters. The quantitative estimate of drug-likeness (QED) is 0.739. The van der Waals surface area contributed by atoms with E-state index in [9.17, 15) is 22.8 Å². The van der Waals surface area contributed by atoms with E-state index < -0.39 is 37.6 Å². The van der Waals surface area contributed by atoms with Crippen LogP contribution in [0.25, 0.3) is 0 Å². The molecule has 1 aromatic rings. The van der Waals surface area contributed by atoms with Crippen molar-refractivity contribution < 1.29 is 13.2 Å². The number of amides is 1. The highest BCUT2D eigenvalue weighted by atomic mass is 35.7. The molecule has 1 aromatic heterocycles. The van der Waals surface area contributed by atoms with E-state index in [1.165, 1.54) is 4.90 Å². The topological polar surface area (TPSA) is 109 Å². The average Bonchev–Trinajstić information content (AvgIpc) is 2.29. The van der Waals surface area contributed by atoms with E-state index >= 15 is 0 Å². The van der Waals surface area contributed by atoms with Gasteiger partial charge >= 0.3 is 5.69 Å². The molecule has 10 heteroatoms. The Morgan fingerprint density at radius 1 is 1.45 bits per heavy atom. The van der Waals surface area contributed by atoms with Crippen LogP contribution in [0.15, 0.2) is 20.7 Å². The van der Waals surface area contributed by atoms with Crippen LogP contribution < -0.4 is 11.2 Å². The number of aromatic amines is 1. The van der Waals surface area contributed by atoms with Crippen molar-refractivity contribution in [1.29, 1.82) is 0 Å². The smallest absolute Gasteiger partial charge is 0.328 e. The van der Waals surface area contributed by atoms with Gasteiger partial charge in [0.2, 0.25) is 5.91 Å². The first-order valence-electron chi connectivity index (χ1n) is 5.58. The third-order valence-corrected chi connectivity index (χ3v) is 4.03. The maximum Gasteiger partial charge on any atom is 0.328 e. The second-order valence-corrected chi connectivity index (χ2v) is 6.95. The van der Waals surface area contributed by atoms with E-state index in [-0.39, 0.29) is 6.04 Å². The number of carbonyl (C=O) groups excluding carboxylic acids is 1. The third kappa shape index (κ3) is 3.70. The monoisotopic (exact) mass is 323 g/mol. The number of aromatic nitrogens is 2. The largest absolute Gasteiger partial charge is 0.342 e. The summed E-state index contributed by atoms with van der Waals surface area (Å²) >= 11 is 0. The van der Waals surface area contributed by atoms with Crippen LogP contribution in [-0.4, -0.2) is 41.9 Å². The van der Waals surface area contributed by atoms with Gasteiger partial charge in [0.25, 0.3) is 14.6 Å². The van der Waals surface area contributed by atoms with Crippen LogP contribution >= 0.6 is 10.7 Å². The fourth-order valence-electron chi connectivity index (χ4n) is 1.33. The lowest BCUT2D eigenvalue weighted by atomic mass is 10.3. The minimum atomic E-state index is -4.30. The molecular formula is C10H14ClN3O5S. The Kier molecular flexibility index (Phi) is 4.77. The summed E-state index contributed by atoms with van der Waals surface area (Å²) in [6.45, 7) is 3.16. The summed E-state index contributed by atoms with van der Waals surface area (Å²) in [5.74, 6) is -0.410. The summed E-state index contributed by atoms with van der Waals surface area (Å²) < 4.78 is 23.1. The number of halogens is 1. The van der Waals surface area contributed by atoms with E-state index in [4.69, 9.17) is 10.7 Å². The molecule has 0 aliphatic carbocycles. The second kappa shape index (κ2) is 5.80. The van der Waals surface area contributed by atoms with E-state index in [0.29, 0.717) is 0 Å². The molecule has 0 aliphatic rings. The van der Waals surface area contributed by atoms with Crippen molar-refractivity contribution in [3.8, 4) is 0 Å². The van der Waals surface area contributed by atoms with Crippen LogP contribution in [0, 0.1) is 0 Å². The van der Waals surface area contributed by atoms with Gasteiger partial charge in [-0.2, -0.15) is 0 Å². The summed E-state index contributed by atoms with van der Waals surface area (Å²) in [5.41, 5.74) is -2.00. The molecule has 1 amide bonds. The molecule has 0 aliphatic heterocycles. The molecule has 0 spiro atoms. The van der Waals surface area contributed by atoms with Crippen molar-refractivity contribution >= 4 is 25.6 Å². The van der Waals surface area contributed by atoms with Gasteiger partial charge in [-0.1, -0.05) is 0 Å². The number of carbonyl (C=O) groups is 1. The highest BCUT2D eigenvalue weighted by Gasteiger charge is 2.19. The molecule has 0 radical (unpaired) electrons. The third-order valence-electron chi connectivity index (χ3n) is 2.71. The molecule has 1 rings (SSSR count). The lowest BCUT2D eigenvalue weighted by Crippen LogP contribution is -2.40. The van der Waals surface area contributed by atoms with Gasteiger partial charge in [0.05, 0.1) is 0 Å². The molecule has 1 N–H and O–H groups in total. The van der Waals surface area contributed by atoms with Crippen molar-refractivity contribution in [2.75, 3.05) is 7.05 Å². The predicted octanol–water partition coefficient (Wildman–Crippen LogP) is -0.669. The van der Waals surface area contributed by atoms with E-state index in [1.807, 2.05) is 0 Å². The van der Waals surface area contributed by atoms with Crippen LogP contribution in [0.1, 0.15) is 13.8 Å². The fraction of sp³-hybridized carbons (Fsp3) is 0.500. The van der Waals surface area contributed by atoms with Crippen LogP contribution in [0.5, 0.6) is 0 Å². The molecule has 0 fully saturated rings. The normalized spacial score (nSPS) is 11.7. The first-order valence-corrected chi connectivity index (χ1v) is 7.89. The Balaban J connectivity index is 3.25. The van der Waals surface area contributed by atoms with Crippen LogP contribution in [0.4, 0.5) is 0 Å². The van der Waals surface area contributed by atoms with E-state index in [2.05, 4.69) is 0 Å². The lowest BCUT2D eigenvalue weighted by Gasteiger charge is -2.21. The van der Waals surface area contributed by atoms with Gasteiger partial charge in [-0.25, -0.2) is 13.2 Å². The fourth-order valence-corrected chi connectivity index (χ4v) is 2.18. The van der Waals surface area contributed by atoms with Crippen molar-refractivity contribution in [2.45, 2.75) is 31.3 Å². The Morgan fingerprint density at radius 3 is 2.45 bits per heavy atom. The van der Waals surface area contributed by atoms with Crippen molar-refractivity contribution in [3.63, 3.8) is 0 Å². The molecule has 20 heavy (non-hydrogen) atoms. The van der Waals surface area contributed by atoms with Gasteiger partial charge in [-0.15, -0.1) is 0 Å². The molecule has 0 bridgehead atoms. The predicted molar refractivity (Wildman–Crippen MR) is 72.3 cm³/mol. The Morgan fingerprint density at radius 2 is 2.00 bits per heavy atom. The lowest BCUT2D eigenvalue weighted by molar-refractivity contribution is -0.132. The van der Waals surface area contributed by atoms with Gasteiger partial charge < -0.3 is 4.90 Å². The second-order valence-electron chi connectivity index (χ2n) is 4.42. The van der Waals surface area contributed by atoms with Crippen LogP contribution in [0.3, 0.4) is 0 Å². The Bertz CT molecular complexity index is 734. The minimum absolute atomic E-state index is 0.0859. The minimum Gasteiger partial charge on any atom is -0.342 e. The van der Waals surface area contributed by atoms with Crippen LogP contribution in [0.2, 0.25) is 0 Å². The molecule has 0 atom stereocenters. The van der Waals surface area contributed by atoms with Gasteiger partial charge in [0.15, 0.2) is 4.90 Å². The molecular weight excluding hydrogens is 310 g/mol. The van der Waals surface area contributed by atoms with Crippen molar-refractivity contribution in [2.24, 2.45) is 0 Å². The Hall–Kier alpha value is -1.61. The number of nitrogens with one attached hydrogen (secondary N) is 1. The van der Waals surface area contributed by atoms with E-state index in [0.717, 1.165) is 10.8 Å². The number of H-pyrrole nitrogens is 1. The van der Waals surface area contributed by atoms with E-state index in [1.54, 1.807) is 25.9 Å². The summed E-state index contributed by atoms with van der Waals surface area (Å²) in [4.78, 5) is 37.1. The zero-order valence-electron chi connectivity index (χ0n) is 11.1. The van der Waals surface area contributed by atoms with Gasteiger partial charge in [-0.05, 0) is 13.8 Å². The zero-order chi connectivity index (χ0) is 15.7. The number of hydrogen-bond donors (Lipinski definition) is 1. The SMILES string of the molecule is CC(C)N(C)C(=O)Cn1cc(S(=O)(=O)Cl)c(=O)[nH]c1=O. The standard InChI is InChI=1S/C10H14ClN3O5S/c1-6(2)13(3)8(15)5-14-4-7(20(11,18)19)9(16)12-10(14)17/h4,6H,5H2,1-3H3,(H,12,16,17). The summed E-state index contributed by atoms with van der Waals surface area (Å²) in [6, 6.07) is -0.0859. The molecule has 0 saturated carbocycles. The maximum atomic E-state index is 11.8. The van der Waals surface area contributed by atoms with Gasteiger partial charge in [0, 0.05) is 30.0 Å². The first kappa shape index (κ1) is 16.4. The van der Waals surface area contributed by atoms with Gasteiger partial charge in [0.1, 0.15) is 6.54 Å². The number of nitrogens with zero attached hydrogens (tertiary/aromatic N) is 2. The highest BCUT2D eigenvalue weighted by Crippen LogP contribution is 2.07. The maximum absolute atomic E-state index is 11.8. The zero-order valence-corrected chi connectivity index (χ0v) is 12.7. The molecule has 112 valence electrons. The Labute approximate surface area is 119 Å². The summed E-state index contributed by atoms with van der Waals surface area (Å²) in [6.07, 6.45) is 0.759. The van der Waals surface area contributed by atoms with Crippen LogP contribution in [-0.2, 0) is 20.4 Å². The van der Waals surface area contributed by atoms with Gasteiger partial charge in [-0.3, -0.25) is 19.1 Å².